The van der Waals surface area contributed by atoms with E-state index in [9.17, 15) is 4.79 Å². The number of piperidine rings is 1. The lowest BCUT2D eigenvalue weighted by Crippen LogP contribution is -2.49. The molecule has 2 atom stereocenters. The molecule has 0 bridgehead atoms. The normalized spacial score (nSPS) is 21.1. The van der Waals surface area contributed by atoms with Crippen LogP contribution in [0.3, 0.4) is 0 Å². The van der Waals surface area contributed by atoms with E-state index >= 15 is 0 Å². The predicted octanol–water partition coefficient (Wildman–Crippen LogP) is 3.25. The van der Waals surface area contributed by atoms with E-state index < -0.39 is 0 Å². The number of amides is 1. The zero-order valence-electron chi connectivity index (χ0n) is 13.8. The third-order valence-corrected chi connectivity index (χ3v) is 4.57. The molecule has 1 N–H and O–H groups in total. The van der Waals surface area contributed by atoms with E-state index in [0.717, 1.165) is 31.6 Å². The number of nitrogens with zero attached hydrogens (tertiary/aromatic N) is 1. The molecule has 0 aliphatic carbocycles. The number of benzene rings is 1. The molecule has 126 valence electrons. The first kappa shape index (κ1) is 17.8. The van der Waals surface area contributed by atoms with Crippen LogP contribution in [-0.2, 0) is 11.3 Å². The number of hydrogen-bond acceptors (Lipinski definition) is 3. The Morgan fingerprint density at radius 3 is 2.96 bits per heavy atom. The molecule has 2 unspecified atom stereocenters. The molecule has 1 aliphatic heterocycles. The summed E-state index contributed by atoms with van der Waals surface area (Å²) in [6.45, 7) is 10.3. The van der Waals surface area contributed by atoms with Crippen LogP contribution in [0.4, 0.5) is 0 Å². The van der Waals surface area contributed by atoms with Gasteiger partial charge in [0.15, 0.2) is 0 Å². The van der Waals surface area contributed by atoms with Crippen molar-refractivity contribution < 1.29 is 9.53 Å². The zero-order chi connectivity index (χ0) is 16.8. The fraction of sp³-hybridized carbons (Fsp3) is 0.500. The summed E-state index contributed by atoms with van der Waals surface area (Å²) < 4.78 is 5.48. The fourth-order valence-corrected chi connectivity index (χ4v) is 3.16. The Morgan fingerprint density at radius 2 is 2.35 bits per heavy atom. The van der Waals surface area contributed by atoms with E-state index in [4.69, 9.17) is 16.3 Å². The average Bonchev–Trinajstić information content (AvgIpc) is 2.52. The lowest BCUT2D eigenvalue weighted by atomic mass is 9.93. The summed E-state index contributed by atoms with van der Waals surface area (Å²) in [4.78, 5) is 13.4. The summed E-state index contributed by atoms with van der Waals surface area (Å²) >= 11 is 6.24. The van der Waals surface area contributed by atoms with E-state index in [1.54, 1.807) is 13.0 Å². The Morgan fingerprint density at radius 1 is 1.57 bits per heavy atom. The first-order valence-corrected chi connectivity index (χ1v) is 8.40. The molecule has 2 rings (SSSR count). The molecule has 0 spiro atoms. The van der Waals surface area contributed by atoms with Crippen molar-refractivity contribution in [2.75, 3.05) is 19.7 Å². The van der Waals surface area contributed by atoms with Gasteiger partial charge in [0.1, 0.15) is 12.4 Å². The van der Waals surface area contributed by atoms with Gasteiger partial charge in [0, 0.05) is 32.6 Å². The standard InChI is InChI=1S/C18H25ClN2O2/c1-4-9-23-18-6-5-15(10-16(18)19)11-20-17-7-8-21(14(3)22)12-13(17)2/h4-6,10,13,17,20H,1,7-9,11-12H2,2-3H3. The van der Waals surface area contributed by atoms with Gasteiger partial charge in [-0.3, -0.25) is 4.79 Å². The Hall–Kier alpha value is -1.52. The van der Waals surface area contributed by atoms with Crippen molar-refractivity contribution in [2.24, 2.45) is 5.92 Å². The first-order chi connectivity index (χ1) is 11.0. The van der Waals surface area contributed by atoms with Crippen LogP contribution in [0, 0.1) is 5.92 Å². The molecule has 0 saturated carbocycles. The number of likely N-dealkylation sites (tertiary alicyclic amines) is 1. The quantitative estimate of drug-likeness (QED) is 0.811. The predicted molar refractivity (Wildman–Crippen MR) is 93.8 cm³/mol. The van der Waals surface area contributed by atoms with Crippen molar-refractivity contribution in [3.05, 3.63) is 41.4 Å². The summed E-state index contributed by atoms with van der Waals surface area (Å²) in [7, 11) is 0. The van der Waals surface area contributed by atoms with E-state index in [2.05, 4.69) is 18.8 Å². The lowest BCUT2D eigenvalue weighted by Gasteiger charge is -2.37. The van der Waals surface area contributed by atoms with Gasteiger partial charge in [0.25, 0.3) is 0 Å². The number of nitrogens with one attached hydrogen (secondary N) is 1. The van der Waals surface area contributed by atoms with Crippen LogP contribution in [0.15, 0.2) is 30.9 Å². The van der Waals surface area contributed by atoms with Crippen LogP contribution in [-0.4, -0.2) is 36.5 Å². The minimum absolute atomic E-state index is 0.164. The highest BCUT2D eigenvalue weighted by Crippen LogP contribution is 2.26. The zero-order valence-corrected chi connectivity index (χ0v) is 14.6. The summed E-state index contributed by atoms with van der Waals surface area (Å²) in [5, 5.41) is 4.20. The molecule has 0 radical (unpaired) electrons. The van der Waals surface area contributed by atoms with Gasteiger partial charge >= 0.3 is 0 Å². The van der Waals surface area contributed by atoms with Gasteiger partial charge in [-0.25, -0.2) is 0 Å². The summed E-state index contributed by atoms with van der Waals surface area (Å²) in [6, 6.07) is 6.26. The maximum absolute atomic E-state index is 11.4. The lowest BCUT2D eigenvalue weighted by molar-refractivity contribution is -0.130. The van der Waals surface area contributed by atoms with Gasteiger partial charge in [0.2, 0.25) is 5.91 Å². The molecule has 5 heteroatoms. The summed E-state index contributed by atoms with van der Waals surface area (Å²) in [6.07, 6.45) is 2.68. The monoisotopic (exact) mass is 336 g/mol. The smallest absolute Gasteiger partial charge is 0.219 e. The van der Waals surface area contributed by atoms with Crippen molar-refractivity contribution in [3.8, 4) is 5.75 Å². The van der Waals surface area contributed by atoms with Gasteiger partial charge in [-0.1, -0.05) is 37.2 Å². The Bertz CT molecular complexity index is 562. The Balaban J connectivity index is 1.87. The van der Waals surface area contributed by atoms with E-state index in [1.807, 2.05) is 23.1 Å². The van der Waals surface area contributed by atoms with Crippen molar-refractivity contribution in [1.29, 1.82) is 0 Å². The van der Waals surface area contributed by atoms with E-state index in [-0.39, 0.29) is 5.91 Å². The van der Waals surface area contributed by atoms with Crippen molar-refractivity contribution in [1.82, 2.24) is 10.2 Å². The summed E-state index contributed by atoms with van der Waals surface area (Å²) in [5.74, 6) is 1.29. The van der Waals surface area contributed by atoms with Gasteiger partial charge in [-0.05, 0) is 30.0 Å². The molecule has 1 aromatic carbocycles. The molecular weight excluding hydrogens is 312 g/mol. The Labute approximate surface area is 143 Å². The molecule has 1 aromatic rings. The molecule has 4 nitrogen and oxygen atoms in total. The third-order valence-electron chi connectivity index (χ3n) is 4.27. The van der Waals surface area contributed by atoms with Crippen LogP contribution in [0.5, 0.6) is 5.75 Å². The topological polar surface area (TPSA) is 41.6 Å². The number of carbonyl (C=O) groups is 1. The molecule has 1 amide bonds. The summed E-state index contributed by atoms with van der Waals surface area (Å²) in [5.41, 5.74) is 1.13. The second kappa shape index (κ2) is 8.37. The number of carbonyl (C=O) groups excluding carboxylic acids is 1. The van der Waals surface area contributed by atoms with Crippen LogP contribution in [0.2, 0.25) is 5.02 Å². The van der Waals surface area contributed by atoms with Crippen LogP contribution >= 0.6 is 11.6 Å². The molecule has 1 heterocycles. The molecule has 1 saturated heterocycles. The Kier molecular flexibility index (Phi) is 6.48. The van der Waals surface area contributed by atoms with E-state index in [0.29, 0.717) is 29.3 Å². The number of halogens is 1. The molecule has 1 aliphatic rings. The van der Waals surface area contributed by atoms with Crippen LogP contribution < -0.4 is 10.1 Å². The minimum atomic E-state index is 0.164. The highest BCUT2D eigenvalue weighted by atomic mass is 35.5. The van der Waals surface area contributed by atoms with E-state index in [1.165, 1.54) is 0 Å². The second-order valence-corrected chi connectivity index (χ2v) is 6.49. The molecule has 23 heavy (non-hydrogen) atoms. The number of ether oxygens (including phenoxy) is 1. The van der Waals surface area contributed by atoms with Gasteiger partial charge in [-0.15, -0.1) is 0 Å². The van der Waals surface area contributed by atoms with Gasteiger partial charge < -0.3 is 15.0 Å². The number of rotatable bonds is 6. The number of hydrogen-bond donors (Lipinski definition) is 1. The minimum Gasteiger partial charge on any atom is -0.488 e. The molecular formula is C18H25ClN2O2. The largest absolute Gasteiger partial charge is 0.488 e. The maximum Gasteiger partial charge on any atom is 0.219 e. The third kappa shape index (κ3) is 4.98. The van der Waals surface area contributed by atoms with Crippen LogP contribution in [0.1, 0.15) is 25.8 Å². The highest BCUT2D eigenvalue weighted by molar-refractivity contribution is 6.32. The second-order valence-electron chi connectivity index (χ2n) is 6.08. The average molecular weight is 337 g/mol. The molecule has 1 fully saturated rings. The van der Waals surface area contributed by atoms with Crippen molar-refractivity contribution in [3.63, 3.8) is 0 Å². The molecule has 0 aromatic heterocycles. The van der Waals surface area contributed by atoms with Gasteiger partial charge in [-0.2, -0.15) is 0 Å². The highest BCUT2D eigenvalue weighted by Gasteiger charge is 2.26. The SMILES string of the molecule is C=CCOc1ccc(CNC2CCN(C(C)=O)CC2C)cc1Cl. The fourth-order valence-electron chi connectivity index (χ4n) is 2.90. The maximum atomic E-state index is 11.4. The van der Waals surface area contributed by atoms with Gasteiger partial charge in [0.05, 0.1) is 5.02 Å². The van der Waals surface area contributed by atoms with Crippen molar-refractivity contribution >= 4 is 17.5 Å². The first-order valence-electron chi connectivity index (χ1n) is 8.02. The van der Waals surface area contributed by atoms with Crippen LogP contribution in [0.25, 0.3) is 0 Å². The van der Waals surface area contributed by atoms with Crippen molar-refractivity contribution in [2.45, 2.75) is 32.9 Å².